The van der Waals surface area contributed by atoms with Crippen molar-refractivity contribution >= 4 is 107 Å². The fourth-order valence-electron chi connectivity index (χ4n) is 9.60. The van der Waals surface area contributed by atoms with Crippen LogP contribution in [-0.2, 0) is 7.05 Å². The summed E-state index contributed by atoms with van der Waals surface area (Å²) in [5.41, 5.74) is 13.8. The molecule has 0 atom stereocenters. The largest absolute Gasteiger partial charge is 0.343 e. The molecule has 3 nitrogen and oxygen atoms in total. The van der Waals surface area contributed by atoms with Crippen LogP contribution in [-0.4, -0.2) is 14.5 Å². The Bertz CT molecular complexity index is 3640. The summed E-state index contributed by atoms with van der Waals surface area (Å²) in [5.74, 6) is 0. The molecule has 0 unspecified atom stereocenters. The summed E-state index contributed by atoms with van der Waals surface area (Å²) < 4.78 is 7.59. The van der Waals surface area contributed by atoms with E-state index in [9.17, 15) is 0 Å². The van der Waals surface area contributed by atoms with E-state index in [1.54, 1.807) is 0 Å². The number of hydrogen-bond donors (Lipinski definition) is 0. The van der Waals surface area contributed by atoms with Gasteiger partial charge in [0.25, 0.3) is 0 Å². The van der Waals surface area contributed by atoms with Crippen molar-refractivity contribution in [2.24, 2.45) is 7.05 Å². The van der Waals surface area contributed by atoms with Crippen LogP contribution in [0.4, 0.5) is 0 Å². The molecule has 0 spiro atoms. The van der Waals surface area contributed by atoms with Crippen molar-refractivity contribution in [1.82, 2.24) is 14.5 Å². The first kappa shape index (κ1) is 33.8. The van der Waals surface area contributed by atoms with Crippen molar-refractivity contribution < 1.29 is 0 Å². The molecule has 0 saturated heterocycles. The van der Waals surface area contributed by atoms with Gasteiger partial charge in [0.2, 0.25) is 0 Å². The highest BCUT2D eigenvalue weighted by Gasteiger charge is 2.22. The highest BCUT2D eigenvalue weighted by molar-refractivity contribution is 7.27. The zero-order valence-corrected chi connectivity index (χ0v) is 34.1. The highest BCUT2D eigenvalue weighted by Crippen LogP contribution is 2.46. The Balaban J connectivity index is 1.09. The lowest BCUT2D eigenvalue weighted by Gasteiger charge is -2.13. The third kappa shape index (κ3) is 5.00. The van der Waals surface area contributed by atoms with Crippen molar-refractivity contribution in [2.45, 2.75) is 0 Å². The van der Waals surface area contributed by atoms with Gasteiger partial charge in [-0.1, -0.05) is 121 Å². The van der Waals surface area contributed by atoms with Crippen molar-refractivity contribution in [3.8, 4) is 44.5 Å². The number of aromatic nitrogens is 3. The average molecular weight is 800 g/mol. The molecule has 0 aliphatic rings. The number of aryl methyl sites for hydroxylation is 1. The van der Waals surface area contributed by atoms with Gasteiger partial charge in [-0.15, -0.1) is 22.7 Å². The molecule has 60 heavy (non-hydrogen) atoms. The SMILES string of the molecule is Cn1c2c(-c3ccc4c(c3)ncc3c5ccccc5sc43)cc(-c3ccccc3)cc2c2cc(-c3ccccc3)cc(-c3ccc4c(c3)ncc3c5ccccc5sc43)c21. The molecule has 13 rings (SSSR count). The standard InChI is InChI=1S/C55H33N3S2/c1-58-52-42(34-20-22-40-48(28-34)56-30-46-38-16-8-10-18-50(38)59-54(40)46)24-36(32-12-4-2-5-13-32)26-44(52)45-27-37(33-14-6-3-7-15-33)25-43(53(45)58)35-21-23-41-49(29-35)57-31-47-39-17-9-11-19-51(39)60-55(41)47/h2-31H,1H3. The third-order valence-corrected chi connectivity index (χ3v) is 14.9. The van der Waals surface area contributed by atoms with E-state index >= 15 is 0 Å². The van der Waals surface area contributed by atoms with E-state index in [1.807, 2.05) is 22.7 Å². The minimum atomic E-state index is 1.01. The fraction of sp³-hybridized carbons (Fsp3) is 0.0182. The van der Waals surface area contributed by atoms with Gasteiger partial charge >= 0.3 is 0 Å². The predicted octanol–water partition coefficient (Wildman–Crippen LogP) is 15.8. The van der Waals surface area contributed by atoms with E-state index in [1.165, 1.54) is 106 Å². The number of pyridine rings is 2. The van der Waals surface area contributed by atoms with Crippen molar-refractivity contribution in [3.63, 3.8) is 0 Å². The molecule has 0 fully saturated rings. The monoisotopic (exact) mass is 799 g/mol. The minimum Gasteiger partial charge on any atom is -0.343 e. The Morgan fingerprint density at radius 1 is 0.350 bits per heavy atom. The molecule has 8 aromatic carbocycles. The number of rotatable bonds is 4. The second kappa shape index (κ2) is 12.9. The first-order valence-corrected chi connectivity index (χ1v) is 21.9. The Morgan fingerprint density at radius 3 is 1.25 bits per heavy atom. The van der Waals surface area contributed by atoms with Crippen molar-refractivity contribution in [1.29, 1.82) is 0 Å². The first-order valence-electron chi connectivity index (χ1n) is 20.3. The van der Waals surface area contributed by atoms with Gasteiger partial charge in [-0.3, -0.25) is 9.97 Å². The summed E-state index contributed by atoms with van der Waals surface area (Å²) in [7, 11) is 2.24. The van der Waals surface area contributed by atoms with E-state index in [0.717, 1.165) is 22.2 Å². The van der Waals surface area contributed by atoms with Crippen molar-refractivity contribution in [2.75, 3.05) is 0 Å². The zero-order chi connectivity index (χ0) is 39.5. The number of thiophene rings is 2. The Hall–Kier alpha value is -7.18. The van der Waals surface area contributed by atoms with E-state index in [0.29, 0.717) is 0 Å². The van der Waals surface area contributed by atoms with Crippen LogP contribution < -0.4 is 0 Å². The first-order chi connectivity index (χ1) is 29.6. The summed E-state index contributed by atoms with van der Waals surface area (Å²) in [4.78, 5) is 10.2. The maximum atomic E-state index is 5.09. The maximum Gasteiger partial charge on any atom is 0.0722 e. The fourth-order valence-corrected chi connectivity index (χ4v) is 12.0. The molecule has 13 aromatic rings. The normalized spacial score (nSPS) is 12.1. The molecule has 5 heteroatoms. The number of hydrogen-bond acceptors (Lipinski definition) is 4. The summed E-state index contributed by atoms with van der Waals surface area (Å²) in [6.45, 7) is 0. The molecular weight excluding hydrogens is 767 g/mol. The van der Waals surface area contributed by atoms with Crippen LogP contribution in [0, 0.1) is 0 Å². The molecule has 5 aromatic heterocycles. The minimum absolute atomic E-state index is 1.01. The number of benzene rings is 8. The van der Waals surface area contributed by atoms with Gasteiger partial charge < -0.3 is 4.57 Å². The van der Waals surface area contributed by atoms with Gasteiger partial charge in [-0.05, 0) is 81.9 Å². The molecular formula is C55H33N3S2. The van der Waals surface area contributed by atoms with Gasteiger partial charge in [0.1, 0.15) is 0 Å². The van der Waals surface area contributed by atoms with Crippen LogP contribution >= 0.6 is 22.7 Å². The Morgan fingerprint density at radius 2 is 0.783 bits per heavy atom. The smallest absolute Gasteiger partial charge is 0.0722 e. The van der Waals surface area contributed by atoms with Gasteiger partial charge in [0.15, 0.2) is 0 Å². The second-order valence-corrected chi connectivity index (χ2v) is 17.9. The van der Waals surface area contributed by atoms with E-state index in [4.69, 9.17) is 9.97 Å². The van der Waals surface area contributed by atoms with E-state index < -0.39 is 0 Å². The molecule has 280 valence electrons. The average Bonchev–Trinajstić information content (AvgIpc) is 3.98. The van der Waals surface area contributed by atoms with Crippen LogP contribution in [0.25, 0.3) is 128 Å². The summed E-state index contributed by atoms with van der Waals surface area (Å²) in [6, 6.07) is 62.2. The molecule has 5 heterocycles. The topological polar surface area (TPSA) is 30.7 Å². The lowest BCUT2D eigenvalue weighted by atomic mass is 9.92. The lowest BCUT2D eigenvalue weighted by Crippen LogP contribution is -1.94. The molecule has 0 radical (unpaired) electrons. The van der Waals surface area contributed by atoms with Gasteiger partial charge in [-0.2, -0.15) is 0 Å². The quantitative estimate of drug-likeness (QED) is 0.178. The third-order valence-electron chi connectivity index (χ3n) is 12.4. The summed E-state index contributed by atoms with van der Waals surface area (Å²) in [5, 5.41) is 9.81. The highest BCUT2D eigenvalue weighted by atomic mass is 32.1. The molecule has 0 aliphatic heterocycles. The summed E-state index contributed by atoms with van der Waals surface area (Å²) in [6.07, 6.45) is 4.13. The molecule has 0 amide bonds. The van der Waals surface area contributed by atoms with Crippen LogP contribution in [0.1, 0.15) is 0 Å². The van der Waals surface area contributed by atoms with Crippen LogP contribution in [0.3, 0.4) is 0 Å². The van der Waals surface area contributed by atoms with Gasteiger partial charge in [-0.25, -0.2) is 0 Å². The van der Waals surface area contributed by atoms with E-state index in [2.05, 4.69) is 194 Å². The predicted molar refractivity (Wildman–Crippen MR) is 259 cm³/mol. The van der Waals surface area contributed by atoms with Gasteiger partial charge in [0.05, 0.1) is 22.1 Å². The number of nitrogens with zero attached hydrogens (tertiary/aromatic N) is 3. The zero-order valence-electron chi connectivity index (χ0n) is 32.5. The molecule has 0 N–H and O–H groups in total. The van der Waals surface area contributed by atoms with Crippen LogP contribution in [0.15, 0.2) is 182 Å². The Kier molecular flexibility index (Phi) is 7.26. The molecule has 0 aliphatic carbocycles. The molecule has 0 bridgehead atoms. The van der Waals surface area contributed by atoms with E-state index in [-0.39, 0.29) is 0 Å². The lowest BCUT2D eigenvalue weighted by molar-refractivity contribution is 1.02. The maximum absolute atomic E-state index is 5.09. The second-order valence-electron chi connectivity index (χ2n) is 15.8. The van der Waals surface area contributed by atoms with Crippen LogP contribution in [0.5, 0.6) is 0 Å². The molecule has 0 saturated carbocycles. The number of fused-ring (bicyclic) bond motifs is 13. The van der Waals surface area contributed by atoms with Gasteiger partial charge in [0, 0.05) is 92.5 Å². The van der Waals surface area contributed by atoms with Crippen molar-refractivity contribution in [3.05, 3.63) is 182 Å². The Labute approximate surface area is 353 Å². The van der Waals surface area contributed by atoms with Crippen LogP contribution in [0.2, 0.25) is 0 Å². The summed E-state index contributed by atoms with van der Waals surface area (Å²) >= 11 is 3.71.